The maximum absolute atomic E-state index is 13.4. The number of likely N-dealkylation sites (tertiary alicyclic amines) is 1. The summed E-state index contributed by atoms with van der Waals surface area (Å²) in [7, 11) is 1.71. The third-order valence-electron chi connectivity index (χ3n) is 3.86. The summed E-state index contributed by atoms with van der Waals surface area (Å²) in [6.45, 7) is 2.49. The van der Waals surface area contributed by atoms with Crippen molar-refractivity contribution in [2.45, 2.75) is 18.9 Å². The second-order valence-electron chi connectivity index (χ2n) is 5.60. The number of ether oxygens (including phenoxy) is 1. The highest BCUT2D eigenvalue weighted by Gasteiger charge is 2.20. The van der Waals surface area contributed by atoms with Crippen LogP contribution < -0.4 is 4.74 Å². The monoisotopic (exact) mass is 310 g/mol. The number of halogens is 1. The van der Waals surface area contributed by atoms with Gasteiger partial charge in [-0.15, -0.1) is 0 Å². The lowest BCUT2D eigenvalue weighted by Gasteiger charge is -2.30. The zero-order chi connectivity index (χ0) is 15.9. The molecule has 0 atom stereocenters. The molecule has 1 saturated heterocycles. The van der Waals surface area contributed by atoms with Gasteiger partial charge in [-0.05, 0) is 25.0 Å². The van der Waals surface area contributed by atoms with Gasteiger partial charge in [0.25, 0.3) is 0 Å². The molecule has 1 aromatic rings. The molecular formula is C16H23FN2O3. The topological polar surface area (TPSA) is 53.0 Å². The van der Waals surface area contributed by atoms with Crippen molar-refractivity contribution >= 4 is 5.91 Å². The highest BCUT2D eigenvalue weighted by atomic mass is 19.1. The van der Waals surface area contributed by atoms with E-state index in [4.69, 9.17) is 4.74 Å². The zero-order valence-electron chi connectivity index (χ0n) is 12.9. The molecule has 1 fully saturated rings. The van der Waals surface area contributed by atoms with E-state index in [2.05, 4.69) is 0 Å². The summed E-state index contributed by atoms with van der Waals surface area (Å²) in [5, 5.41) is 9.45. The molecule has 0 saturated carbocycles. The molecular weight excluding hydrogens is 287 g/mol. The van der Waals surface area contributed by atoms with E-state index in [1.165, 1.54) is 6.07 Å². The number of rotatable bonds is 6. The van der Waals surface area contributed by atoms with Crippen LogP contribution in [-0.2, 0) is 4.79 Å². The molecule has 22 heavy (non-hydrogen) atoms. The fraction of sp³-hybridized carbons (Fsp3) is 0.562. The molecule has 5 nitrogen and oxygen atoms in total. The molecule has 0 bridgehead atoms. The predicted molar refractivity (Wildman–Crippen MR) is 81.2 cm³/mol. The van der Waals surface area contributed by atoms with Crippen LogP contribution in [0.15, 0.2) is 24.3 Å². The molecule has 0 spiro atoms. The average molecular weight is 310 g/mol. The first-order valence-corrected chi connectivity index (χ1v) is 7.58. The van der Waals surface area contributed by atoms with Crippen LogP contribution in [0.3, 0.4) is 0 Å². The van der Waals surface area contributed by atoms with Crippen molar-refractivity contribution in [2.75, 3.05) is 39.8 Å². The average Bonchev–Trinajstić information content (AvgIpc) is 2.51. The first kappa shape index (κ1) is 16.7. The molecule has 6 heteroatoms. The van der Waals surface area contributed by atoms with Gasteiger partial charge in [-0.3, -0.25) is 9.69 Å². The number of benzene rings is 1. The van der Waals surface area contributed by atoms with Gasteiger partial charge in [0.05, 0.1) is 19.2 Å². The molecule has 1 aromatic carbocycles. The number of piperidine rings is 1. The predicted octanol–water partition coefficient (Wildman–Crippen LogP) is 1.12. The Kier molecular flexibility index (Phi) is 6.15. The number of para-hydroxylation sites is 1. The van der Waals surface area contributed by atoms with Crippen molar-refractivity contribution in [2.24, 2.45) is 0 Å². The fourth-order valence-electron chi connectivity index (χ4n) is 2.37. The third-order valence-corrected chi connectivity index (χ3v) is 3.86. The largest absolute Gasteiger partial charge is 0.489 e. The second-order valence-corrected chi connectivity index (χ2v) is 5.60. The lowest BCUT2D eigenvalue weighted by molar-refractivity contribution is -0.132. The molecule has 1 aliphatic rings. The molecule has 1 N–H and O–H groups in total. The summed E-state index contributed by atoms with van der Waals surface area (Å²) < 4.78 is 18.7. The molecule has 0 aromatic heterocycles. The van der Waals surface area contributed by atoms with Crippen molar-refractivity contribution in [3.8, 4) is 5.75 Å². The summed E-state index contributed by atoms with van der Waals surface area (Å²) in [5.74, 6) is -0.190. The normalized spacial score (nSPS) is 16.5. The molecule has 1 aliphatic heterocycles. The molecule has 122 valence electrons. The summed E-state index contributed by atoms with van der Waals surface area (Å²) in [5.41, 5.74) is 0. The van der Waals surface area contributed by atoms with Crippen molar-refractivity contribution in [3.05, 3.63) is 30.1 Å². The van der Waals surface area contributed by atoms with Gasteiger partial charge in [-0.2, -0.15) is 0 Å². The number of aliphatic hydroxyl groups is 1. The fourth-order valence-corrected chi connectivity index (χ4v) is 2.37. The maximum Gasteiger partial charge on any atom is 0.236 e. The summed E-state index contributed by atoms with van der Waals surface area (Å²) in [6.07, 6.45) is 1.19. The van der Waals surface area contributed by atoms with Gasteiger partial charge in [-0.1, -0.05) is 12.1 Å². The van der Waals surface area contributed by atoms with Crippen molar-refractivity contribution in [3.63, 3.8) is 0 Å². The van der Waals surface area contributed by atoms with Crippen LogP contribution in [0.1, 0.15) is 12.8 Å². The Morgan fingerprint density at radius 2 is 2.09 bits per heavy atom. The number of hydrogen-bond donors (Lipinski definition) is 1. The highest BCUT2D eigenvalue weighted by molar-refractivity contribution is 5.78. The Morgan fingerprint density at radius 3 is 2.77 bits per heavy atom. The lowest BCUT2D eigenvalue weighted by Crippen LogP contribution is -2.44. The minimum absolute atomic E-state index is 0.00789. The van der Waals surface area contributed by atoms with Crippen LogP contribution >= 0.6 is 0 Å². The number of amides is 1. The summed E-state index contributed by atoms with van der Waals surface area (Å²) >= 11 is 0. The van der Waals surface area contributed by atoms with Crippen LogP contribution in [0.25, 0.3) is 0 Å². The smallest absolute Gasteiger partial charge is 0.236 e. The van der Waals surface area contributed by atoms with Gasteiger partial charge in [0.2, 0.25) is 5.91 Å². The SMILES string of the molecule is CN(CCOc1ccccc1F)C(=O)CN1CCC(O)CC1. The maximum atomic E-state index is 13.4. The summed E-state index contributed by atoms with van der Waals surface area (Å²) in [6, 6.07) is 6.22. The number of carbonyl (C=O) groups excluding carboxylic acids is 1. The minimum Gasteiger partial charge on any atom is -0.489 e. The van der Waals surface area contributed by atoms with Gasteiger partial charge < -0.3 is 14.7 Å². The number of likely N-dealkylation sites (N-methyl/N-ethyl adjacent to an activating group) is 1. The number of carbonyl (C=O) groups is 1. The first-order chi connectivity index (χ1) is 10.6. The minimum atomic E-state index is -0.400. The third kappa shape index (κ3) is 4.96. The van der Waals surface area contributed by atoms with Crippen LogP contribution in [-0.4, -0.2) is 66.8 Å². The van der Waals surface area contributed by atoms with Gasteiger partial charge in [0.15, 0.2) is 11.6 Å². The molecule has 0 radical (unpaired) electrons. The van der Waals surface area contributed by atoms with E-state index < -0.39 is 5.82 Å². The van der Waals surface area contributed by atoms with Crippen molar-refractivity contribution in [1.29, 1.82) is 0 Å². The van der Waals surface area contributed by atoms with E-state index in [1.54, 1.807) is 30.1 Å². The van der Waals surface area contributed by atoms with Crippen molar-refractivity contribution in [1.82, 2.24) is 9.80 Å². The Labute approximate surface area is 130 Å². The van der Waals surface area contributed by atoms with E-state index in [0.29, 0.717) is 25.9 Å². The van der Waals surface area contributed by atoms with Gasteiger partial charge >= 0.3 is 0 Å². The van der Waals surface area contributed by atoms with E-state index >= 15 is 0 Å². The zero-order valence-corrected chi connectivity index (χ0v) is 12.9. The molecule has 1 heterocycles. The Hall–Kier alpha value is -1.66. The van der Waals surface area contributed by atoms with Gasteiger partial charge in [0, 0.05) is 20.1 Å². The molecule has 0 unspecified atom stereocenters. The Bertz CT molecular complexity index is 490. The van der Waals surface area contributed by atoms with E-state index in [0.717, 1.165) is 13.1 Å². The summed E-state index contributed by atoms with van der Waals surface area (Å²) in [4.78, 5) is 15.7. The van der Waals surface area contributed by atoms with Crippen LogP contribution in [0.2, 0.25) is 0 Å². The Balaban J connectivity index is 1.69. The van der Waals surface area contributed by atoms with Crippen LogP contribution in [0.5, 0.6) is 5.75 Å². The Morgan fingerprint density at radius 1 is 1.41 bits per heavy atom. The number of nitrogens with zero attached hydrogens (tertiary/aromatic N) is 2. The van der Waals surface area contributed by atoms with Gasteiger partial charge in [-0.25, -0.2) is 4.39 Å². The quantitative estimate of drug-likeness (QED) is 0.855. The molecule has 0 aliphatic carbocycles. The van der Waals surface area contributed by atoms with E-state index in [9.17, 15) is 14.3 Å². The van der Waals surface area contributed by atoms with Gasteiger partial charge in [0.1, 0.15) is 6.61 Å². The van der Waals surface area contributed by atoms with Crippen LogP contribution in [0, 0.1) is 5.82 Å². The van der Waals surface area contributed by atoms with Crippen molar-refractivity contribution < 1.29 is 19.0 Å². The highest BCUT2D eigenvalue weighted by Crippen LogP contribution is 2.15. The van der Waals surface area contributed by atoms with E-state index in [-0.39, 0.29) is 24.4 Å². The number of hydrogen-bond acceptors (Lipinski definition) is 4. The molecule has 1 amide bonds. The number of aliphatic hydroxyl groups excluding tert-OH is 1. The molecule has 2 rings (SSSR count). The van der Waals surface area contributed by atoms with Crippen LogP contribution in [0.4, 0.5) is 4.39 Å². The standard InChI is InChI=1S/C16H23FN2O3/c1-18(10-11-22-15-5-3-2-4-14(15)17)16(21)12-19-8-6-13(20)7-9-19/h2-5,13,20H,6-12H2,1H3. The second kappa shape index (κ2) is 8.10. The first-order valence-electron chi connectivity index (χ1n) is 7.58. The lowest BCUT2D eigenvalue weighted by atomic mass is 10.1. The van der Waals surface area contributed by atoms with E-state index in [1.807, 2.05) is 4.90 Å².